The standard InChI is InChI=1S/C10H9N3O2/c1-2-3-10-11-8-5-4-7(13(14)15)6-9(8)12-10/h2-6H,1H3,(H,11,12)/b3-2+. The molecule has 5 heteroatoms. The summed E-state index contributed by atoms with van der Waals surface area (Å²) < 4.78 is 0. The van der Waals surface area contributed by atoms with E-state index in [0.29, 0.717) is 11.3 Å². The van der Waals surface area contributed by atoms with Crippen molar-refractivity contribution in [3.63, 3.8) is 0 Å². The first-order chi connectivity index (χ1) is 7.20. The number of nitro benzene ring substituents is 1. The van der Waals surface area contributed by atoms with Gasteiger partial charge >= 0.3 is 0 Å². The second-order valence-corrected chi connectivity index (χ2v) is 3.08. The molecule has 1 aromatic heterocycles. The number of nitrogens with zero attached hydrogens (tertiary/aromatic N) is 2. The van der Waals surface area contributed by atoms with Gasteiger partial charge in [-0.15, -0.1) is 0 Å². The molecular weight excluding hydrogens is 194 g/mol. The summed E-state index contributed by atoms with van der Waals surface area (Å²) in [6.07, 6.45) is 3.66. The van der Waals surface area contributed by atoms with Crippen molar-refractivity contribution < 1.29 is 4.92 Å². The average Bonchev–Trinajstić information content (AvgIpc) is 2.59. The highest BCUT2D eigenvalue weighted by molar-refractivity contribution is 5.79. The number of non-ortho nitro benzene ring substituents is 1. The number of aromatic amines is 1. The fourth-order valence-electron chi connectivity index (χ4n) is 1.37. The van der Waals surface area contributed by atoms with Gasteiger partial charge in [-0.3, -0.25) is 10.1 Å². The normalized spacial score (nSPS) is 11.3. The Kier molecular flexibility index (Phi) is 2.21. The van der Waals surface area contributed by atoms with Crippen LogP contribution in [-0.2, 0) is 0 Å². The van der Waals surface area contributed by atoms with Gasteiger partial charge in [0.2, 0.25) is 0 Å². The van der Waals surface area contributed by atoms with Crippen LogP contribution in [0.25, 0.3) is 17.1 Å². The van der Waals surface area contributed by atoms with Crippen molar-refractivity contribution in [1.82, 2.24) is 9.97 Å². The minimum atomic E-state index is -0.421. The van der Waals surface area contributed by atoms with Crippen molar-refractivity contribution in [2.75, 3.05) is 0 Å². The lowest BCUT2D eigenvalue weighted by molar-refractivity contribution is -0.384. The Bertz CT molecular complexity index is 543. The average molecular weight is 203 g/mol. The second kappa shape index (κ2) is 3.53. The Labute approximate surface area is 85.6 Å². The number of allylic oxidation sites excluding steroid dienone is 1. The summed E-state index contributed by atoms with van der Waals surface area (Å²) in [4.78, 5) is 17.3. The van der Waals surface area contributed by atoms with E-state index < -0.39 is 4.92 Å². The lowest BCUT2D eigenvalue weighted by Crippen LogP contribution is -1.86. The van der Waals surface area contributed by atoms with Gasteiger partial charge in [-0.2, -0.15) is 0 Å². The molecule has 0 spiro atoms. The molecule has 0 atom stereocenters. The molecule has 0 radical (unpaired) electrons. The lowest BCUT2D eigenvalue weighted by atomic mass is 10.3. The third-order valence-corrected chi connectivity index (χ3v) is 2.02. The summed E-state index contributed by atoms with van der Waals surface area (Å²) in [5.41, 5.74) is 1.48. The van der Waals surface area contributed by atoms with Crippen LogP contribution in [0.5, 0.6) is 0 Å². The number of aromatic nitrogens is 2. The molecule has 0 saturated heterocycles. The predicted molar refractivity (Wildman–Crippen MR) is 57.5 cm³/mol. The van der Waals surface area contributed by atoms with Crippen molar-refractivity contribution in [3.05, 3.63) is 40.2 Å². The monoisotopic (exact) mass is 203 g/mol. The fraction of sp³-hybridized carbons (Fsp3) is 0.100. The summed E-state index contributed by atoms with van der Waals surface area (Å²) in [6.45, 7) is 1.88. The molecule has 0 saturated carbocycles. The summed E-state index contributed by atoms with van der Waals surface area (Å²) in [5.74, 6) is 0.702. The van der Waals surface area contributed by atoms with Crippen molar-refractivity contribution in [2.45, 2.75) is 6.92 Å². The van der Waals surface area contributed by atoms with E-state index in [9.17, 15) is 10.1 Å². The van der Waals surface area contributed by atoms with Gasteiger partial charge in [0.05, 0.1) is 16.0 Å². The van der Waals surface area contributed by atoms with Crippen molar-refractivity contribution in [1.29, 1.82) is 0 Å². The molecule has 1 N–H and O–H groups in total. The highest BCUT2D eigenvalue weighted by Crippen LogP contribution is 2.19. The van der Waals surface area contributed by atoms with Crippen LogP contribution in [0.15, 0.2) is 24.3 Å². The molecule has 1 heterocycles. The first kappa shape index (κ1) is 9.39. The van der Waals surface area contributed by atoms with Gasteiger partial charge in [-0.1, -0.05) is 6.08 Å². The number of rotatable bonds is 2. The third kappa shape index (κ3) is 1.71. The maximum Gasteiger partial charge on any atom is 0.271 e. The number of imidazole rings is 1. The molecule has 1 aromatic carbocycles. The van der Waals surface area contributed by atoms with Crippen molar-refractivity contribution in [3.8, 4) is 0 Å². The Morgan fingerprint density at radius 3 is 3.00 bits per heavy atom. The molecule has 5 nitrogen and oxygen atoms in total. The molecule has 0 unspecified atom stereocenters. The maximum absolute atomic E-state index is 10.5. The van der Waals surface area contributed by atoms with Crippen LogP contribution >= 0.6 is 0 Å². The molecule has 0 bridgehead atoms. The zero-order valence-electron chi connectivity index (χ0n) is 8.10. The van der Waals surface area contributed by atoms with Crippen molar-refractivity contribution >= 4 is 22.8 Å². The molecule has 0 aliphatic rings. The Balaban J connectivity index is 2.56. The van der Waals surface area contributed by atoms with Gasteiger partial charge in [0.15, 0.2) is 0 Å². The third-order valence-electron chi connectivity index (χ3n) is 2.02. The zero-order chi connectivity index (χ0) is 10.8. The van der Waals surface area contributed by atoms with Gasteiger partial charge < -0.3 is 4.98 Å². The number of nitrogens with one attached hydrogen (secondary N) is 1. The van der Waals surface area contributed by atoms with E-state index in [1.54, 1.807) is 6.07 Å². The minimum Gasteiger partial charge on any atom is -0.338 e. The van der Waals surface area contributed by atoms with Crippen LogP contribution in [0.4, 0.5) is 5.69 Å². The van der Waals surface area contributed by atoms with Crippen LogP contribution in [-0.4, -0.2) is 14.9 Å². The van der Waals surface area contributed by atoms with Crippen LogP contribution in [0.1, 0.15) is 12.7 Å². The van der Waals surface area contributed by atoms with Gasteiger partial charge in [0, 0.05) is 12.1 Å². The van der Waals surface area contributed by atoms with Crippen LogP contribution < -0.4 is 0 Å². The number of benzene rings is 1. The van der Waals surface area contributed by atoms with Crippen LogP contribution in [0.2, 0.25) is 0 Å². The molecule has 15 heavy (non-hydrogen) atoms. The summed E-state index contributed by atoms with van der Waals surface area (Å²) >= 11 is 0. The largest absolute Gasteiger partial charge is 0.338 e. The van der Waals surface area contributed by atoms with E-state index in [2.05, 4.69) is 9.97 Å². The van der Waals surface area contributed by atoms with E-state index in [4.69, 9.17) is 0 Å². The highest BCUT2D eigenvalue weighted by Gasteiger charge is 2.08. The quantitative estimate of drug-likeness (QED) is 0.602. The van der Waals surface area contributed by atoms with E-state index in [0.717, 1.165) is 5.52 Å². The molecule has 76 valence electrons. The van der Waals surface area contributed by atoms with Gasteiger partial charge in [-0.05, 0) is 19.1 Å². The number of H-pyrrole nitrogens is 1. The Morgan fingerprint density at radius 2 is 2.33 bits per heavy atom. The smallest absolute Gasteiger partial charge is 0.271 e. The van der Waals surface area contributed by atoms with Crippen molar-refractivity contribution in [2.24, 2.45) is 0 Å². The van der Waals surface area contributed by atoms with Gasteiger partial charge in [-0.25, -0.2) is 4.98 Å². The zero-order valence-corrected chi connectivity index (χ0v) is 8.10. The van der Waals surface area contributed by atoms with Crippen LogP contribution in [0, 0.1) is 10.1 Å². The number of hydrogen-bond donors (Lipinski definition) is 1. The lowest BCUT2D eigenvalue weighted by Gasteiger charge is -1.89. The molecule has 0 aliphatic heterocycles. The first-order valence-electron chi connectivity index (χ1n) is 4.47. The number of hydrogen-bond acceptors (Lipinski definition) is 3. The summed E-state index contributed by atoms with van der Waals surface area (Å²) in [5, 5.41) is 10.5. The molecule has 0 fully saturated rings. The van der Waals surface area contributed by atoms with E-state index in [-0.39, 0.29) is 5.69 Å². The molecule has 2 aromatic rings. The second-order valence-electron chi connectivity index (χ2n) is 3.08. The minimum absolute atomic E-state index is 0.0678. The Morgan fingerprint density at radius 1 is 1.53 bits per heavy atom. The molecule has 0 aliphatic carbocycles. The van der Waals surface area contributed by atoms with Gasteiger partial charge in [0.25, 0.3) is 5.69 Å². The predicted octanol–water partition coefficient (Wildman–Crippen LogP) is 2.50. The summed E-state index contributed by atoms with van der Waals surface area (Å²) in [6, 6.07) is 4.56. The number of nitro groups is 1. The summed E-state index contributed by atoms with van der Waals surface area (Å²) in [7, 11) is 0. The maximum atomic E-state index is 10.5. The van der Waals surface area contributed by atoms with E-state index >= 15 is 0 Å². The molecular formula is C10H9N3O2. The topological polar surface area (TPSA) is 71.8 Å². The SMILES string of the molecule is C/C=C/c1nc2ccc([N+](=O)[O-])cc2[nH]1. The van der Waals surface area contributed by atoms with Crippen LogP contribution in [0.3, 0.4) is 0 Å². The number of fused-ring (bicyclic) bond motifs is 1. The van der Waals surface area contributed by atoms with E-state index in [1.165, 1.54) is 12.1 Å². The van der Waals surface area contributed by atoms with E-state index in [1.807, 2.05) is 19.1 Å². The molecule has 0 amide bonds. The van der Waals surface area contributed by atoms with Gasteiger partial charge in [0.1, 0.15) is 5.82 Å². The fourth-order valence-corrected chi connectivity index (χ4v) is 1.37. The highest BCUT2D eigenvalue weighted by atomic mass is 16.6. The first-order valence-corrected chi connectivity index (χ1v) is 4.47. The Hall–Kier alpha value is -2.17. The molecule has 2 rings (SSSR count).